The van der Waals surface area contributed by atoms with Crippen LogP contribution in [0.4, 0.5) is 5.69 Å². The Labute approximate surface area is 170 Å². The molecule has 1 saturated heterocycles. The number of amides is 1. The van der Waals surface area contributed by atoms with Crippen LogP contribution in [0.1, 0.15) is 59.8 Å². The highest BCUT2D eigenvalue weighted by Crippen LogP contribution is 2.24. The zero-order valence-electron chi connectivity index (χ0n) is 18.3. The number of rotatable bonds is 10. The Hall–Kier alpha value is -1.59. The number of hydrogen-bond donors (Lipinski definition) is 1. The van der Waals surface area contributed by atoms with Gasteiger partial charge in [-0.05, 0) is 76.3 Å². The van der Waals surface area contributed by atoms with E-state index in [1.54, 1.807) is 7.11 Å². The summed E-state index contributed by atoms with van der Waals surface area (Å²) in [6.45, 7) is 11.4. The van der Waals surface area contributed by atoms with Crippen LogP contribution in [-0.4, -0.2) is 49.3 Å². The molecule has 28 heavy (non-hydrogen) atoms. The van der Waals surface area contributed by atoms with Crippen LogP contribution in [0.3, 0.4) is 0 Å². The number of carbonyl (C=O) groups is 1. The van der Waals surface area contributed by atoms with Gasteiger partial charge in [-0.2, -0.15) is 0 Å². The van der Waals surface area contributed by atoms with Gasteiger partial charge in [0.1, 0.15) is 11.4 Å². The number of anilines is 1. The molecule has 0 saturated carbocycles. The number of nitrogens with zero attached hydrogens (tertiary/aromatic N) is 1. The summed E-state index contributed by atoms with van der Waals surface area (Å²) in [6.07, 6.45) is 5.69. The summed E-state index contributed by atoms with van der Waals surface area (Å²) in [5.41, 5.74) is -0.0684. The average Bonchev–Trinajstić information content (AvgIpc) is 2.67. The topological polar surface area (TPSA) is 50.8 Å². The molecule has 0 aliphatic carbocycles. The van der Waals surface area contributed by atoms with E-state index in [9.17, 15) is 4.79 Å². The highest BCUT2D eigenvalue weighted by atomic mass is 16.5. The standard InChI is InChI=1S/C23H38N2O3/c1-18(2)17-23(4,27-5)22(26)24-20-10-12-21(13-11-20)28-16-8-15-25-14-7-6-9-19(25)3/h10-13,18-19H,6-9,14-17H2,1-5H3,(H,24,26)/t19-,23+/m0/s1. The van der Waals surface area contributed by atoms with Gasteiger partial charge in [0.2, 0.25) is 0 Å². The van der Waals surface area contributed by atoms with E-state index < -0.39 is 5.60 Å². The van der Waals surface area contributed by atoms with Gasteiger partial charge >= 0.3 is 0 Å². The number of ether oxygens (including phenoxy) is 2. The predicted octanol–water partition coefficient (Wildman–Crippen LogP) is 4.72. The van der Waals surface area contributed by atoms with Gasteiger partial charge in [-0.15, -0.1) is 0 Å². The Morgan fingerprint density at radius 1 is 1.29 bits per heavy atom. The molecule has 1 aromatic rings. The first-order chi connectivity index (χ1) is 13.3. The second-order valence-electron chi connectivity index (χ2n) is 8.59. The summed E-state index contributed by atoms with van der Waals surface area (Å²) in [5, 5.41) is 2.95. The van der Waals surface area contributed by atoms with E-state index in [-0.39, 0.29) is 5.91 Å². The highest BCUT2D eigenvalue weighted by Gasteiger charge is 2.33. The van der Waals surface area contributed by atoms with E-state index in [1.807, 2.05) is 31.2 Å². The highest BCUT2D eigenvalue weighted by molar-refractivity contribution is 5.97. The van der Waals surface area contributed by atoms with Crippen LogP contribution < -0.4 is 10.1 Å². The molecule has 1 aromatic carbocycles. The normalized spacial score (nSPS) is 20.0. The lowest BCUT2D eigenvalue weighted by atomic mass is 9.93. The zero-order valence-corrected chi connectivity index (χ0v) is 18.3. The molecular weight excluding hydrogens is 352 g/mol. The molecule has 2 atom stereocenters. The maximum absolute atomic E-state index is 12.6. The quantitative estimate of drug-likeness (QED) is 0.587. The van der Waals surface area contributed by atoms with E-state index in [4.69, 9.17) is 9.47 Å². The molecule has 0 bridgehead atoms. The minimum absolute atomic E-state index is 0.118. The van der Waals surface area contributed by atoms with Crippen LogP contribution in [0, 0.1) is 5.92 Å². The van der Waals surface area contributed by atoms with Gasteiger partial charge in [0.15, 0.2) is 0 Å². The van der Waals surface area contributed by atoms with Crippen LogP contribution in [0.5, 0.6) is 5.75 Å². The number of nitrogens with one attached hydrogen (secondary N) is 1. The fourth-order valence-electron chi connectivity index (χ4n) is 3.89. The third-order valence-electron chi connectivity index (χ3n) is 5.64. The van der Waals surface area contributed by atoms with Crippen molar-refractivity contribution >= 4 is 11.6 Å². The molecule has 0 radical (unpaired) electrons. The largest absolute Gasteiger partial charge is 0.494 e. The lowest BCUT2D eigenvalue weighted by molar-refractivity contribution is -0.137. The average molecular weight is 391 g/mol. The summed E-state index contributed by atoms with van der Waals surface area (Å²) in [7, 11) is 1.59. The van der Waals surface area contributed by atoms with Gasteiger partial charge in [0.05, 0.1) is 6.61 Å². The molecule has 2 rings (SSSR count). The van der Waals surface area contributed by atoms with Gasteiger partial charge in [-0.3, -0.25) is 4.79 Å². The predicted molar refractivity (Wildman–Crippen MR) is 115 cm³/mol. The Balaban J connectivity index is 1.77. The monoisotopic (exact) mass is 390 g/mol. The molecule has 1 N–H and O–H groups in total. The van der Waals surface area contributed by atoms with Crippen LogP contribution in [-0.2, 0) is 9.53 Å². The second-order valence-corrected chi connectivity index (χ2v) is 8.59. The molecule has 1 amide bonds. The summed E-state index contributed by atoms with van der Waals surface area (Å²) in [4.78, 5) is 15.2. The Morgan fingerprint density at radius 2 is 2.00 bits per heavy atom. The molecule has 5 heteroatoms. The van der Waals surface area contributed by atoms with Crippen molar-refractivity contribution in [2.75, 3.05) is 32.1 Å². The first kappa shape index (κ1) is 22.7. The van der Waals surface area contributed by atoms with E-state index in [1.165, 1.54) is 25.8 Å². The summed E-state index contributed by atoms with van der Waals surface area (Å²) in [5.74, 6) is 1.09. The van der Waals surface area contributed by atoms with Gasteiger partial charge in [-0.25, -0.2) is 0 Å². The number of hydrogen-bond acceptors (Lipinski definition) is 4. The van der Waals surface area contributed by atoms with Gasteiger partial charge in [-0.1, -0.05) is 20.3 Å². The van der Waals surface area contributed by atoms with Crippen molar-refractivity contribution in [1.29, 1.82) is 0 Å². The van der Waals surface area contributed by atoms with Crippen LogP contribution in [0.25, 0.3) is 0 Å². The van der Waals surface area contributed by atoms with Gasteiger partial charge in [0, 0.05) is 25.4 Å². The Bertz CT molecular complexity index is 602. The lowest BCUT2D eigenvalue weighted by Crippen LogP contribution is -2.43. The molecule has 0 aromatic heterocycles. The van der Waals surface area contributed by atoms with Crippen LogP contribution >= 0.6 is 0 Å². The van der Waals surface area contributed by atoms with Crippen LogP contribution in [0.2, 0.25) is 0 Å². The van der Waals surface area contributed by atoms with Crippen molar-refractivity contribution in [2.45, 2.75) is 71.4 Å². The van der Waals surface area contributed by atoms with Gasteiger partial charge in [0.25, 0.3) is 5.91 Å². The minimum Gasteiger partial charge on any atom is -0.494 e. The van der Waals surface area contributed by atoms with Crippen molar-refractivity contribution < 1.29 is 14.3 Å². The first-order valence-electron chi connectivity index (χ1n) is 10.7. The van der Waals surface area contributed by atoms with E-state index in [2.05, 4.69) is 31.0 Å². The third kappa shape index (κ3) is 6.78. The van der Waals surface area contributed by atoms with Crippen molar-refractivity contribution in [3.8, 4) is 5.75 Å². The van der Waals surface area contributed by atoms with Gasteiger partial charge < -0.3 is 19.7 Å². The smallest absolute Gasteiger partial charge is 0.256 e. The fraction of sp³-hybridized carbons (Fsp3) is 0.696. The SMILES string of the molecule is CO[C@](C)(CC(C)C)C(=O)Nc1ccc(OCCCN2CCCC[C@@H]2C)cc1. The summed E-state index contributed by atoms with van der Waals surface area (Å²) < 4.78 is 11.4. The molecule has 0 unspecified atom stereocenters. The Morgan fingerprint density at radius 3 is 2.61 bits per heavy atom. The van der Waals surface area contributed by atoms with Crippen molar-refractivity contribution in [3.63, 3.8) is 0 Å². The molecule has 1 fully saturated rings. The third-order valence-corrected chi connectivity index (χ3v) is 5.64. The maximum Gasteiger partial charge on any atom is 0.256 e. The molecule has 5 nitrogen and oxygen atoms in total. The number of benzene rings is 1. The van der Waals surface area contributed by atoms with E-state index in [0.717, 1.165) is 24.4 Å². The van der Waals surface area contributed by atoms with E-state index in [0.29, 0.717) is 25.0 Å². The van der Waals surface area contributed by atoms with Crippen molar-refractivity contribution in [1.82, 2.24) is 4.90 Å². The zero-order chi connectivity index (χ0) is 20.6. The fourth-order valence-corrected chi connectivity index (χ4v) is 3.89. The minimum atomic E-state index is -0.824. The molecule has 1 aliphatic rings. The molecule has 1 aliphatic heterocycles. The molecular formula is C23H38N2O3. The maximum atomic E-state index is 12.6. The summed E-state index contributed by atoms with van der Waals surface area (Å²) >= 11 is 0. The molecule has 1 heterocycles. The Kier molecular flexibility index (Phi) is 8.77. The lowest BCUT2D eigenvalue weighted by Gasteiger charge is -2.33. The number of methoxy groups -OCH3 is 1. The first-order valence-corrected chi connectivity index (χ1v) is 10.7. The van der Waals surface area contributed by atoms with Crippen molar-refractivity contribution in [2.24, 2.45) is 5.92 Å². The van der Waals surface area contributed by atoms with E-state index >= 15 is 0 Å². The number of likely N-dealkylation sites (tertiary alicyclic amines) is 1. The van der Waals surface area contributed by atoms with Crippen LogP contribution in [0.15, 0.2) is 24.3 Å². The molecule has 158 valence electrons. The van der Waals surface area contributed by atoms with Crippen molar-refractivity contribution in [3.05, 3.63) is 24.3 Å². The second kappa shape index (κ2) is 10.8. The number of carbonyl (C=O) groups excluding carboxylic acids is 1. The molecule has 0 spiro atoms. The summed E-state index contributed by atoms with van der Waals surface area (Å²) in [6, 6.07) is 8.28. The number of piperidine rings is 1.